The molecular weight excluding hydrogens is 442 g/mol. The Balaban J connectivity index is 1.42. The Bertz CT molecular complexity index is 1090. The first-order valence-electron chi connectivity index (χ1n) is 10.7. The SMILES string of the molecule is N=C(N)c1ccc(NC(=O)[C@H](O)C2OCCN(c3ccc(N4CCOCC4=O)cc3)C2=O)cc1. The molecule has 4 rings (SSSR count). The lowest BCUT2D eigenvalue weighted by Crippen LogP contribution is -2.55. The Morgan fingerprint density at radius 1 is 1.03 bits per heavy atom. The number of aliphatic hydroxyl groups is 1. The van der Waals surface area contributed by atoms with Crippen molar-refractivity contribution in [2.75, 3.05) is 48.0 Å². The van der Waals surface area contributed by atoms with Crippen molar-refractivity contribution in [2.45, 2.75) is 12.2 Å². The number of nitrogens with one attached hydrogen (secondary N) is 2. The smallest absolute Gasteiger partial charge is 0.259 e. The summed E-state index contributed by atoms with van der Waals surface area (Å²) in [5, 5.41) is 20.5. The van der Waals surface area contributed by atoms with Crippen molar-refractivity contribution in [1.29, 1.82) is 5.41 Å². The maximum atomic E-state index is 13.0. The number of nitrogens with two attached hydrogens (primary N) is 1. The molecule has 0 aliphatic carbocycles. The summed E-state index contributed by atoms with van der Waals surface area (Å²) in [4.78, 5) is 40.7. The van der Waals surface area contributed by atoms with Crippen molar-refractivity contribution in [2.24, 2.45) is 5.73 Å². The number of nitrogen functional groups attached to an aromatic ring is 1. The molecule has 178 valence electrons. The third-order valence-corrected chi connectivity index (χ3v) is 5.60. The van der Waals surface area contributed by atoms with Crippen LogP contribution in [0.1, 0.15) is 5.56 Å². The molecule has 0 spiro atoms. The Kier molecular flexibility index (Phi) is 6.87. The van der Waals surface area contributed by atoms with Gasteiger partial charge in [0, 0.05) is 35.7 Å². The van der Waals surface area contributed by atoms with Gasteiger partial charge >= 0.3 is 0 Å². The van der Waals surface area contributed by atoms with E-state index in [0.29, 0.717) is 35.8 Å². The first kappa shape index (κ1) is 23.4. The van der Waals surface area contributed by atoms with Gasteiger partial charge in [-0.2, -0.15) is 0 Å². The summed E-state index contributed by atoms with van der Waals surface area (Å²) in [6, 6.07) is 13.1. The van der Waals surface area contributed by atoms with Crippen LogP contribution in [0.2, 0.25) is 0 Å². The molecule has 0 bridgehead atoms. The van der Waals surface area contributed by atoms with Crippen LogP contribution in [0.15, 0.2) is 48.5 Å². The maximum absolute atomic E-state index is 13.0. The number of ether oxygens (including phenoxy) is 2. The second-order valence-electron chi connectivity index (χ2n) is 7.82. The summed E-state index contributed by atoms with van der Waals surface area (Å²) in [6.07, 6.45) is -3.10. The van der Waals surface area contributed by atoms with Gasteiger partial charge in [0.05, 0.1) is 13.2 Å². The molecule has 2 aromatic carbocycles. The minimum absolute atomic E-state index is 0.0339. The van der Waals surface area contributed by atoms with E-state index in [1.54, 1.807) is 41.3 Å². The van der Waals surface area contributed by atoms with E-state index in [0.717, 1.165) is 0 Å². The van der Waals surface area contributed by atoms with E-state index in [1.165, 1.54) is 17.0 Å². The Morgan fingerprint density at radius 3 is 2.26 bits per heavy atom. The van der Waals surface area contributed by atoms with Gasteiger partial charge in [0.2, 0.25) is 0 Å². The number of rotatable bonds is 6. The Labute approximate surface area is 195 Å². The van der Waals surface area contributed by atoms with Crippen molar-refractivity contribution in [1.82, 2.24) is 0 Å². The van der Waals surface area contributed by atoms with Crippen molar-refractivity contribution >= 4 is 40.6 Å². The van der Waals surface area contributed by atoms with Crippen molar-refractivity contribution in [3.63, 3.8) is 0 Å². The summed E-state index contributed by atoms with van der Waals surface area (Å²) in [6.45, 7) is 1.34. The van der Waals surface area contributed by atoms with Crippen LogP contribution in [0.25, 0.3) is 0 Å². The van der Waals surface area contributed by atoms with Crippen LogP contribution < -0.4 is 20.9 Å². The molecule has 2 saturated heterocycles. The predicted molar refractivity (Wildman–Crippen MR) is 124 cm³/mol. The van der Waals surface area contributed by atoms with Crippen LogP contribution in [0.5, 0.6) is 0 Å². The highest BCUT2D eigenvalue weighted by molar-refractivity contribution is 6.04. The zero-order valence-electron chi connectivity index (χ0n) is 18.3. The molecule has 0 radical (unpaired) electrons. The van der Waals surface area contributed by atoms with Crippen LogP contribution >= 0.6 is 0 Å². The normalized spacial score (nSPS) is 19.6. The number of aliphatic hydroxyl groups excluding tert-OH is 1. The summed E-state index contributed by atoms with van der Waals surface area (Å²) in [5.74, 6) is -1.58. The highest BCUT2D eigenvalue weighted by atomic mass is 16.5. The summed E-state index contributed by atoms with van der Waals surface area (Å²) < 4.78 is 10.6. The van der Waals surface area contributed by atoms with Gasteiger partial charge in [-0.05, 0) is 48.5 Å². The van der Waals surface area contributed by atoms with Crippen LogP contribution in [0.4, 0.5) is 17.1 Å². The van der Waals surface area contributed by atoms with Gasteiger partial charge in [-0.1, -0.05) is 0 Å². The maximum Gasteiger partial charge on any atom is 0.259 e. The van der Waals surface area contributed by atoms with Crippen molar-refractivity contribution < 1.29 is 29.0 Å². The Hall–Kier alpha value is -3.80. The fourth-order valence-corrected chi connectivity index (χ4v) is 3.78. The molecule has 2 atom stereocenters. The zero-order valence-corrected chi connectivity index (χ0v) is 18.3. The van der Waals surface area contributed by atoms with E-state index in [-0.39, 0.29) is 31.5 Å². The predicted octanol–water partition coefficient (Wildman–Crippen LogP) is 0.0653. The van der Waals surface area contributed by atoms with Crippen molar-refractivity contribution in [3.05, 3.63) is 54.1 Å². The van der Waals surface area contributed by atoms with E-state index >= 15 is 0 Å². The Morgan fingerprint density at radius 2 is 1.65 bits per heavy atom. The van der Waals surface area contributed by atoms with E-state index in [1.807, 2.05) is 0 Å². The number of carbonyl (C=O) groups excluding carboxylic acids is 3. The van der Waals surface area contributed by atoms with Crippen LogP contribution in [-0.2, 0) is 23.9 Å². The molecule has 11 heteroatoms. The third-order valence-electron chi connectivity index (χ3n) is 5.60. The molecule has 0 saturated carbocycles. The fraction of sp³-hybridized carbons (Fsp3) is 0.304. The first-order valence-corrected chi connectivity index (χ1v) is 10.7. The topological polar surface area (TPSA) is 158 Å². The first-order chi connectivity index (χ1) is 16.3. The number of hydrogen-bond donors (Lipinski definition) is 4. The van der Waals surface area contributed by atoms with Crippen LogP contribution in [-0.4, -0.2) is 73.8 Å². The number of amidine groups is 1. The van der Waals surface area contributed by atoms with Gasteiger partial charge in [0.15, 0.2) is 12.2 Å². The second kappa shape index (κ2) is 10.00. The molecule has 0 aromatic heterocycles. The monoisotopic (exact) mass is 467 g/mol. The van der Waals surface area contributed by atoms with Gasteiger partial charge in [0.25, 0.3) is 17.7 Å². The lowest BCUT2D eigenvalue weighted by Gasteiger charge is -2.34. The minimum Gasteiger partial charge on any atom is -0.384 e. The highest BCUT2D eigenvalue weighted by Crippen LogP contribution is 2.25. The number of amides is 3. The quantitative estimate of drug-likeness (QED) is 0.346. The van der Waals surface area contributed by atoms with E-state index in [9.17, 15) is 19.5 Å². The molecule has 11 nitrogen and oxygen atoms in total. The lowest BCUT2D eigenvalue weighted by molar-refractivity contribution is -0.150. The lowest BCUT2D eigenvalue weighted by atomic mass is 10.1. The molecule has 2 aliphatic rings. The number of hydrogen-bond acceptors (Lipinski definition) is 7. The largest absolute Gasteiger partial charge is 0.384 e. The molecule has 2 fully saturated rings. The van der Waals surface area contributed by atoms with E-state index < -0.39 is 24.0 Å². The molecule has 2 aromatic rings. The number of nitrogens with zero attached hydrogens (tertiary/aromatic N) is 2. The van der Waals surface area contributed by atoms with Gasteiger partial charge in [-0.3, -0.25) is 19.8 Å². The number of carbonyl (C=O) groups is 3. The molecule has 34 heavy (non-hydrogen) atoms. The fourth-order valence-electron chi connectivity index (χ4n) is 3.78. The zero-order chi connectivity index (χ0) is 24.2. The standard InChI is InChI=1S/C23H25N5O6/c24-21(25)14-1-3-15(4-2-14)26-22(31)19(30)20-23(32)28(10-12-34-20)17-7-5-16(6-8-17)27-9-11-33-13-18(27)29/h1-8,19-20,30H,9-13H2,(H3,24,25)(H,26,31)/t19-,20?/m1/s1. The summed E-state index contributed by atoms with van der Waals surface area (Å²) in [5.41, 5.74) is 7.54. The number of anilines is 3. The van der Waals surface area contributed by atoms with Crippen LogP contribution in [0.3, 0.4) is 0 Å². The van der Waals surface area contributed by atoms with Gasteiger partial charge < -0.3 is 35.4 Å². The number of morpholine rings is 2. The summed E-state index contributed by atoms with van der Waals surface area (Å²) >= 11 is 0. The average Bonchev–Trinajstić information content (AvgIpc) is 2.84. The second-order valence-corrected chi connectivity index (χ2v) is 7.82. The highest BCUT2D eigenvalue weighted by Gasteiger charge is 2.39. The average molecular weight is 467 g/mol. The number of benzene rings is 2. The molecule has 2 aliphatic heterocycles. The van der Waals surface area contributed by atoms with Gasteiger partial charge in [-0.15, -0.1) is 0 Å². The molecule has 3 amide bonds. The van der Waals surface area contributed by atoms with E-state index in [4.69, 9.17) is 20.6 Å². The molecule has 5 N–H and O–H groups in total. The summed E-state index contributed by atoms with van der Waals surface area (Å²) in [7, 11) is 0. The van der Waals surface area contributed by atoms with Gasteiger partial charge in [-0.25, -0.2) is 0 Å². The van der Waals surface area contributed by atoms with E-state index in [2.05, 4.69) is 5.32 Å². The van der Waals surface area contributed by atoms with Crippen LogP contribution in [0, 0.1) is 5.41 Å². The third kappa shape index (κ3) is 4.91. The molecule has 2 heterocycles. The minimum atomic E-state index is -1.73. The van der Waals surface area contributed by atoms with Crippen molar-refractivity contribution in [3.8, 4) is 0 Å². The molecule has 1 unspecified atom stereocenters. The van der Waals surface area contributed by atoms with Gasteiger partial charge in [0.1, 0.15) is 12.4 Å². The molecular formula is C23H25N5O6.